The van der Waals surface area contributed by atoms with E-state index in [1.54, 1.807) is 6.92 Å². The number of hydrogen-bond acceptors (Lipinski definition) is 3. The summed E-state index contributed by atoms with van der Waals surface area (Å²) in [7, 11) is 0. The Morgan fingerprint density at radius 1 is 1.67 bits per heavy atom. The van der Waals surface area contributed by atoms with Crippen LogP contribution in [0.15, 0.2) is 0 Å². The summed E-state index contributed by atoms with van der Waals surface area (Å²) >= 11 is 0. The molecule has 12 heavy (non-hydrogen) atoms. The van der Waals surface area contributed by atoms with Gasteiger partial charge in [0.05, 0.1) is 18.2 Å². The van der Waals surface area contributed by atoms with Crippen molar-refractivity contribution in [1.82, 2.24) is 5.32 Å². The fraction of sp³-hybridized carbons (Fsp3) is 0.778. The van der Waals surface area contributed by atoms with Gasteiger partial charge in [-0.1, -0.05) is 12.8 Å². The highest BCUT2D eigenvalue weighted by atomic mass is 16.3. The van der Waals surface area contributed by atoms with E-state index < -0.39 is 5.60 Å². The van der Waals surface area contributed by atoms with Crippen molar-refractivity contribution in [1.29, 1.82) is 0 Å². The van der Waals surface area contributed by atoms with Crippen LogP contribution in [0, 0.1) is 12.3 Å². The van der Waals surface area contributed by atoms with E-state index in [0.717, 1.165) is 6.42 Å². The summed E-state index contributed by atoms with van der Waals surface area (Å²) in [4.78, 5) is 0. The zero-order chi connectivity index (χ0) is 9.61. The van der Waals surface area contributed by atoms with E-state index in [1.165, 1.54) is 0 Å². The highest BCUT2D eigenvalue weighted by Crippen LogP contribution is 2.00. The van der Waals surface area contributed by atoms with Gasteiger partial charge in [0.2, 0.25) is 0 Å². The highest BCUT2D eigenvalue weighted by Gasteiger charge is 2.19. The molecule has 0 aliphatic heterocycles. The van der Waals surface area contributed by atoms with E-state index in [2.05, 4.69) is 11.2 Å². The summed E-state index contributed by atoms with van der Waals surface area (Å²) in [6.07, 6.45) is 6.01. The lowest BCUT2D eigenvalue weighted by molar-refractivity contribution is 0.00178. The molecule has 0 spiro atoms. The molecule has 0 fully saturated rings. The van der Waals surface area contributed by atoms with Gasteiger partial charge in [0, 0.05) is 6.54 Å². The first-order valence-corrected chi connectivity index (χ1v) is 4.08. The molecule has 70 valence electrons. The van der Waals surface area contributed by atoms with E-state index in [0.29, 0.717) is 6.54 Å². The Bertz CT molecular complexity index is 160. The van der Waals surface area contributed by atoms with Crippen molar-refractivity contribution in [2.75, 3.05) is 13.2 Å². The summed E-state index contributed by atoms with van der Waals surface area (Å²) in [6, 6.07) is -0.0250. The first-order valence-electron chi connectivity index (χ1n) is 4.08. The Kier molecular flexibility index (Phi) is 4.91. The number of aliphatic hydroxyl groups is 2. The molecule has 0 aromatic heterocycles. The molecule has 0 saturated heterocycles. The van der Waals surface area contributed by atoms with Crippen LogP contribution in [0.4, 0.5) is 0 Å². The Labute approximate surface area is 73.8 Å². The third kappa shape index (κ3) is 4.35. The molecule has 3 nitrogen and oxygen atoms in total. The molecular formula is C9H17NO2. The molecule has 0 aliphatic carbocycles. The van der Waals surface area contributed by atoms with Gasteiger partial charge in [-0.05, 0) is 13.3 Å². The molecule has 0 rings (SSSR count). The smallest absolute Gasteiger partial charge is 0.0973 e. The maximum Gasteiger partial charge on any atom is 0.0973 e. The SMILES string of the molecule is C#CC(CC)NCC(C)(O)CO. The number of hydrogen-bond donors (Lipinski definition) is 3. The van der Waals surface area contributed by atoms with Crippen LogP contribution in [0.25, 0.3) is 0 Å². The van der Waals surface area contributed by atoms with Gasteiger partial charge in [-0.3, -0.25) is 0 Å². The quantitative estimate of drug-likeness (QED) is 0.499. The summed E-state index contributed by atoms with van der Waals surface area (Å²) in [5.41, 5.74) is -1.08. The first kappa shape index (κ1) is 11.4. The molecule has 3 heteroatoms. The van der Waals surface area contributed by atoms with Crippen LogP contribution in [0.1, 0.15) is 20.3 Å². The van der Waals surface area contributed by atoms with Gasteiger partial charge in [0.15, 0.2) is 0 Å². The van der Waals surface area contributed by atoms with Gasteiger partial charge < -0.3 is 15.5 Å². The van der Waals surface area contributed by atoms with Crippen LogP contribution in [0.5, 0.6) is 0 Å². The molecule has 0 bridgehead atoms. The highest BCUT2D eigenvalue weighted by molar-refractivity contribution is 4.98. The molecule has 0 aromatic rings. The average molecular weight is 171 g/mol. The second-order valence-corrected chi connectivity index (χ2v) is 3.16. The molecule has 0 amide bonds. The monoisotopic (exact) mass is 171 g/mol. The number of terminal acetylenes is 1. The normalized spacial score (nSPS) is 17.9. The van der Waals surface area contributed by atoms with Gasteiger partial charge in [0.25, 0.3) is 0 Å². The van der Waals surface area contributed by atoms with E-state index in [9.17, 15) is 5.11 Å². The number of aliphatic hydroxyl groups excluding tert-OH is 1. The van der Waals surface area contributed by atoms with Gasteiger partial charge in [-0.15, -0.1) is 6.42 Å². The first-order chi connectivity index (χ1) is 5.55. The van der Waals surface area contributed by atoms with E-state index >= 15 is 0 Å². The average Bonchev–Trinajstić information content (AvgIpc) is 2.06. The van der Waals surface area contributed by atoms with Crippen molar-refractivity contribution in [3.05, 3.63) is 0 Å². The van der Waals surface area contributed by atoms with Crippen molar-refractivity contribution < 1.29 is 10.2 Å². The third-order valence-electron chi connectivity index (χ3n) is 1.68. The summed E-state index contributed by atoms with van der Waals surface area (Å²) in [5, 5.41) is 21.1. The van der Waals surface area contributed by atoms with Gasteiger partial charge in [-0.25, -0.2) is 0 Å². The van der Waals surface area contributed by atoms with E-state index in [-0.39, 0.29) is 12.6 Å². The van der Waals surface area contributed by atoms with Crippen LogP contribution in [-0.2, 0) is 0 Å². The Morgan fingerprint density at radius 2 is 2.25 bits per heavy atom. The minimum atomic E-state index is -1.08. The zero-order valence-corrected chi connectivity index (χ0v) is 7.67. The van der Waals surface area contributed by atoms with Crippen molar-refractivity contribution in [3.63, 3.8) is 0 Å². The molecule has 0 aromatic carbocycles. The lowest BCUT2D eigenvalue weighted by Crippen LogP contribution is -2.44. The van der Waals surface area contributed by atoms with Crippen LogP contribution in [0.3, 0.4) is 0 Å². The second-order valence-electron chi connectivity index (χ2n) is 3.16. The largest absolute Gasteiger partial charge is 0.393 e. The molecule has 0 heterocycles. The Balaban J connectivity index is 3.75. The molecule has 0 aliphatic rings. The van der Waals surface area contributed by atoms with Crippen molar-refractivity contribution in [3.8, 4) is 12.3 Å². The van der Waals surface area contributed by atoms with Gasteiger partial charge in [-0.2, -0.15) is 0 Å². The Hall–Kier alpha value is -0.560. The van der Waals surface area contributed by atoms with Crippen LogP contribution in [0.2, 0.25) is 0 Å². The number of rotatable bonds is 5. The minimum Gasteiger partial charge on any atom is -0.393 e. The Morgan fingerprint density at radius 3 is 2.58 bits per heavy atom. The summed E-state index contributed by atoms with van der Waals surface area (Å²) < 4.78 is 0. The lowest BCUT2D eigenvalue weighted by atomic mass is 10.1. The van der Waals surface area contributed by atoms with Crippen LogP contribution >= 0.6 is 0 Å². The van der Waals surface area contributed by atoms with E-state index in [1.807, 2.05) is 6.92 Å². The maximum atomic E-state index is 9.38. The molecule has 0 saturated carbocycles. The maximum absolute atomic E-state index is 9.38. The molecule has 2 atom stereocenters. The molecule has 2 unspecified atom stereocenters. The summed E-state index contributed by atoms with van der Waals surface area (Å²) in [5.74, 6) is 2.54. The molecule has 3 N–H and O–H groups in total. The van der Waals surface area contributed by atoms with Gasteiger partial charge in [0.1, 0.15) is 0 Å². The van der Waals surface area contributed by atoms with Crippen molar-refractivity contribution >= 4 is 0 Å². The molecule has 0 radical (unpaired) electrons. The van der Waals surface area contributed by atoms with Gasteiger partial charge >= 0.3 is 0 Å². The second kappa shape index (κ2) is 5.15. The van der Waals surface area contributed by atoms with Crippen molar-refractivity contribution in [2.45, 2.75) is 31.9 Å². The molecular weight excluding hydrogens is 154 g/mol. The topological polar surface area (TPSA) is 52.5 Å². The van der Waals surface area contributed by atoms with Crippen molar-refractivity contribution in [2.24, 2.45) is 0 Å². The zero-order valence-electron chi connectivity index (χ0n) is 7.67. The van der Waals surface area contributed by atoms with Crippen LogP contribution < -0.4 is 5.32 Å². The predicted octanol–water partition coefficient (Wildman–Crippen LogP) is -0.269. The van der Waals surface area contributed by atoms with E-state index in [4.69, 9.17) is 11.5 Å². The predicted molar refractivity (Wildman–Crippen MR) is 48.6 cm³/mol. The standard InChI is InChI=1S/C9H17NO2/c1-4-8(5-2)10-6-9(3,12)7-11/h1,8,10-12H,5-7H2,2-3H3. The van der Waals surface area contributed by atoms with Crippen LogP contribution in [-0.4, -0.2) is 35.0 Å². The lowest BCUT2D eigenvalue weighted by Gasteiger charge is -2.22. The summed E-state index contributed by atoms with van der Waals surface area (Å²) in [6.45, 7) is 3.57. The fourth-order valence-corrected chi connectivity index (χ4v) is 0.720. The number of nitrogens with one attached hydrogen (secondary N) is 1. The third-order valence-corrected chi connectivity index (χ3v) is 1.68. The fourth-order valence-electron chi connectivity index (χ4n) is 0.720. The minimum absolute atomic E-state index is 0.0250.